The van der Waals surface area contributed by atoms with Crippen molar-refractivity contribution in [1.82, 2.24) is 10.2 Å². The number of benzene rings is 1. The summed E-state index contributed by atoms with van der Waals surface area (Å²) in [4.78, 5) is 14.8. The van der Waals surface area contributed by atoms with Gasteiger partial charge in [-0.05, 0) is 30.3 Å². The third-order valence-electron chi connectivity index (χ3n) is 4.45. The van der Waals surface area contributed by atoms with Gasteiger partial charge in [-0.25, -0.2) is 0 Å². The number of hydrogen-bond acceptors (Lipinski definition) is 6. The van der Waals surface area contributed by atoms with E-state index in [9.17, 15) is 4.79 Å². The van der Waals surface area contributed by atoms with E-state index in [0.717, 1.165) is 18.8 Å². The Balaban J connectivity index is 1.44. The molecule has 132 valence electrons. The fourth-order valence-corrected chi connectivity index (χ4v) is 3.11. The molecule has 1 saturated heterocycles. The van der Waals surface area contributed by atoms with Gasteiger partial charge < -0.3 is 23.9 Å². The van der Waals surface area contributed by atoms with Gasteiger partial charge in [-0.15, -0.1) is 0 Å². The number of furan rings is 1. The highest BCUT2D eigenvalue weighted by molar-refractivity contribution is 5.94. The molecule has 1 N–H and O–H groups in total. The van der Waals surface area contributed by atoms with Gasteiger partial charge in [-0.2, -0.15) is 0 Å². The first kappa shape index (κ1) is 16.0. The lowest BCUT2D eigenvalue weighted by molar-refractivity contribution is 0.0118. The number of carbonyl (C=O) groups is 1. The first-order valence-corrected chi connectivity index (χ1v) is 8.34. The smallest absolute Gasteiger partial charge is 0.251 e. The van der Waals surface area contributed by atoms with E-state index in [2.05, 4.69) is 10.2 Å². The number of nitrogens with zero attached hydrogens (tertiary/aromatic N) is 1. The Labute approximate surface area is 145 Å². The van der Waals surface area contributed by atoms with Gasteiger partial charge in [-0.1, -0.05) is 0 Å². The van der Waals surface area contributed by atoms with Gasteiger partial charge >= 0.3 is 0 Å². The molecule has 7 nitrogen and oxygen atoms in total. The molecule has 1 amide bonds. The summed E-state index contributed by atoms with van der Waals surface area (Å²) >= 11 is 0. The molecule has 0 aliphatic carbocycles. The van der Waals surface area contributed by atoms with Gasteiger partial charge in [0.2, 0.25) is 6.79 Å². The van der Waals surface area contributed by atoms with Crippen LogP contribution in [0.1, 0.15) is 22.2 Å². The van der Waals surface area contributed by atoms with E-state index in [0.29, 0.717) is 36.8 Å². The van der Waals surface area contributed by atoms with Crippen LogP contribution in [0.15, 0.2) is 41.0 Å². The van der Waals surface area contributed by atoms with E-state index in [1.165, 1.54) is 0 Å². The van der Waals surface area contributed by atoms with Gasteiger partial charge in [0.25, 0.3) is 5.91 Å². The quantitative estimate of drug-likeness (QED) is 0.892. The lowest BCUT2D eigenvalue weighted by Crippen LogP contribution is -2.43. The third-order valence-corrected chi connectivity index (χ3v) is 4.45. The van der Waals surface area contributed by atoms with Gasteiger partial charge in [0.15, 0.2) is 11.5 Å². The Morgan fingerprint density at radius 3 is 2.80 bits per heavy atom. The highest BCUT2D eigenvalue weighted by atomic mass is 16.7. The van der Waals surface area contributed by atoms with Crippen LogP contribution in [0.5, 0.6) is 11.5 Å². The van der Waals surface area contributed by atoms with Crippen LogP contribution in [-0.2, 0) is 4.74 Å². The highest BCUT2D eigenvalue weighted by Gasteiger charge is 2.25. The summed E-state index contributed by atoms with van der Waals surface area (Å²) < 4.78 is 21.6. The molecule has 2 aliphatic rings. The predicted octanol–water partition coefficient (Wildman–Crippen LogP) is 1.81. The second-order valence-corrected chi connectivity index (χ2v) is 5.96. The van der Waals surface area contributed by atoms with Crippen LogP contribution in [-0.4, -0.2) is 50.4 Å². The molecule has 0 unspecified atom stereocenters. The summed E-state index contributed by atoms with van der Waals surface area (Å²) in [6, 6.07) is 8.98. The van der Waals surface area contributed by atoms with Crippen molar-refractivity contribution in [3.8, 4) is 11.5 Å². The van der Waals surface area contributed by atoms with Crippen molar-refractivity contribution >= 4 is 5.91 Å². The average molecular weight is 344 g/mol. The second kappa shape index (κ2) is 7.16. The maximum atomic E-state index is 12.5. The number of rotatable bonds is 5. The van der Waals surface area contributed by atoms with Crippen molar-refractivity contribution in [2.24, 2.45) is 0 Å². The lowest BCUT2D eigenvalue weighted by atomic mass is 10.1. The van der Waals surface area contributed by atoms with Crippen LogP contribution in [0, 0.1) is 0 Å². The number of carbonyl (C=O) groups excluding carboxylic acids is 1. The van der Waals surface area contributed by atoms with Crippen molar-refractivity contribution in [3.05, 3.63) is 47.9 Å². The summed E-state index contributed by atoms with van der Waals surface area (Å²) in [5.41, 5.74) is 0.546. The van der Waals surface area contributed by atoms with Gasteiger partial charge in [-0.3, -0.25) is 9.69 Å². The van der Waals surface area contributed by atoms with Crippen LogP contribution in [0.4, 0.5) is 0 Å². The largest absolute Gasteiger partial charge is 0.468 e. The summed E-state index contributed by atoms with van der Waals surface area (Å²) in [6.07, 6.45) is 1.66. The fraction of sp³-hybridized carbons (Fsp3) is 0.389. The van der Waals surface area contributed by atoms with Crippen molar-refractivity contribution < 1.29 is 23.4 Å². The number of morpholine rings is 1. The van der Waals surface area contributed by atoms with E-state index < -0.39 is 0 Å². The Kier molecular flexibility index (Phi) is 4.58. The number of fused-ring (bicyclic) bond motifs is 1. The molecule has 7 heteroatoms. The second-order valence-electron chi connectivity index (χ2n) is 5.96. The number of amides is 1. The highest BCUT2D eigenvalue weighted by Crippen LogP contribution is 2.32. The minimum absolute atomic E-state index is 0.0168. The molecule has 0 bridgehead atoms. The van der Waals surface area contributed by atoms with E-state index in [1.54, 1.807) is 24.5 Å². The van der Waals surface area contributed by atoms with Crippen LogP contribution in [0.2, 0.25) is 0 Å². The molecule has 0 spiro atoms. The van der Waals surface area contributed by atoms with Crippen molar-refractivity contribution in [1.29, 1.82) is 0 Å². The average Bonchev–Trinajstić information content (AvgIpc) is 3.34. The van der Waals surface area contributed by atoms with Gasteiger partial charge in [0, 0.05) is 25.2 Å². The number of nitrogens with one attached hydrogen (secondary N) is 1. The first-order chi connectivity index (χ1) is 12.3. The van der Waals surface area contributed by atoms with Gasteiger partial charge in [0.05, 0.1) is 25.5 Å². The van der Waals surface area contributed by atoms with Crippen LogP contribution in [0.25, 0.3) is 0 Å². The predicted molar refractivity (Wildman–Crippen MR) is 88.7 cm³/mol. The zero-order chi connectivity index (χ0) is 17.1. The molecule has 0 saturated carbocycles. The summed E-state index contributed by atoms with van der Waals surface area (Å²) in [6.45, 7) is 3.65. The minimum atomic E-state index is -0.150. The topological polar surface area (TPSA) is 73.2 Å². The SMILES string of the molecule is O=C(NC[C@@H](c1ccco1)N1CCOCC1)c1ccc2c(c1)OCO2. The Hall–Kier alpha value is -2.51. The molecule has 25 heavy (non-hydrogen) atoms. The molecule has 1 aromatic heterocycles. The normalized spacial score (nSPS) is 18.1. The molecule has 3 heterocycles. The van der Waals surface area contributed by atoms with E-state index >= 15 is 0 Å². The fourth-order valence-electron chi connectivity index (χ4n) is 3.11. The maximum Gasteiger partial charge on any atom is 0.251 e. The zero-order valence-corrected chi connectivity index (χ0v) is 13.8. The van der Waals surface area contributed by atoms with Crippen molar-refractivity contribution in [2.75, 3.05) is 39.6 Å². The lowest BCUT2D eigenvalue weighted by Gasteiger charge is -2.33. The summed E-state index contributed by atoms with van der Waals surface area (Å²) in [7, 11) is 0. The molecular formula is C18H20N2O5. The Morgan fingerprint density at radius 2 is 2.00 bits per heavy atom. The molecule has 4 rings (SSSR count). The Bertz CT molecular complexity index is 725. The number of hydrogen-bond donors (Lipinski definition) is 1. The molecule has 0 radical (unpaired) electrons. The Morgan fingerprint density at radius 1 is 1.16 bits per heavy atom. The number of ether oxygens (including phenoxy) is 3. The zero-order valence-electron chi connectivity index (χ0n) is 13.8. The molecule has 2 aromatic rings. The first-order valence-electron chi connectivity index (χ1n) is 8.34. The van der Waals surface area contributed by atoms with Gasteiger partial charge in [0.1, 0.15) is 5.76 Å². The van der Waals surface area contributed by atoms with Crippen LogP contribution >= 0.6 is 0 Å². The monoisotopic (exact) mass is 344 g/mol. The van der Waals surface area contributed by atoms with Crippen LogP contribution < -0.4 is 14.8 Å². The minimum Gasteiger partial charge on any atom is -0.468 e. The van der Waals surface area contributed by atoms with Crippen LogP contribution in [0.3, 0.4) is 0 Å². The maximum absolute atomic E-state index is 12.5. The van der Waals surface area contributed by atoms with Crippen molar-refractivity contribution in [2.45, 2.75) is 6.04 Å². The summed E-state index contributed by atoms with van der Waals surface area (Å²) in [5.74, 6) is 1.96. The summed E-state index contributed by atoms with van der Waals surface area (Å²) in [5, 5.41) is 3.00. The standard InChI is InChI=1S/C18H20N2O5/c21-18(13-3-4-16-17(10-13)25-12-24-16)19-11-14(15-2-1-7-23-15)20-5-8-22-9-6-20/h1-4,7,10,14H,5-6,8-9,11-12H2,(H,19,21)/t14-/m0/s1. The van der Waals surface area contributed by atoms with Crippen molar-refractivity contribution in [3.63, 3.8) is 0 Å². The van der Waals surface area contributed by atoms with E-state index in [1.807, 2.05) is 12.1 Å². The van der Waals surface area contributed by atoms with E-state index in [4.69, 9.17) is 18.6 Å². The molecule has 1 fully saturated rings. The molecule has 2 aliphatic heterocycles. The molecule has 1 atom stereocenters. The molecule has 1 aromatic carbocycles. The third kappa shape index (κ3) is 3.47. The molecular weight excluding hydrogens is 324 g/mol. The van der Waals surface area contributed by atoms with E-state index in [-0.39, 0.29) is 18.7 Å².